The maximum absolute atomic E-state index is 9.71. The van der Waals surface area contributed by atoms with Crippen molar-refractivity contribution in [3.05, 3.63) is 6.42 Å². The number of unbranched alkanes of at least 4 members (excludes halogenated alkanes) is 4. The van der Waals surface area contributed by atoms with Crippen molar-refractivity contribution < 1.29 is 4.79 Å². The van der Waals surface area contributed by atoms with Crippen LogP contribution < -0.4 is 0 Å². The van der Waals surface area contributed by atoms with Gasteiger partial charge in [-0.25, -0.2) is 0 Å². The predicted molar refractivity (Wildman–Crippen MR) is 34.5 cm³/mol. The molecular weight excluding hydrogens is 100 g/mol. The molecule has 0 atom stereocenters. The highest BCUT2D eigenvalue weighted by Gasteiger charge is 1.83. The van der Waals surface area contributed by atoms with E-state index >= 15 is 0 Å². The van der Waals surface area contributed by atoms with E-state index in [-0.39, 0.29) is 0 Å². The fourth-order valence-corrected chi connectivity index (χ4v) is 0.580. The fourth-order valence-electron chi connectivity index (χ4n) is 0.580. The molecule has 0 aromatic heterocycles. The van der Waals surface area contributed by atoms with E-state index in [9.17, 15) is 4.79 Å². The number of hydrogen-bond donors (Lipinski definition) is 0. The SMILES string of the molecule is CCCCC[CH]C=O. The lowest BCUT2D eigenvalue weighted by atomic mass is 10.2. The molecule has 0 aromatic carbocycles. The van der Waals surface area contributed by atoms with Crippen LogP contribution in [0.4, 0.5) is 0 Å². The van der Waals surface area contributed by atoms with Crippen LogP contribution in [0.1, 0.15) is 32.6 Å². The van der Waals surface area contributed by atoms with Crippen molar-refractivity contribution in [3.8, 4) is 0 Å². The average molecular weight is 113 g/mol. The lowest BCUT2D eigenvalue weighted by Crippen LogP contribution is -1.77. The molecule has 1 radical (unpaired) electrons. The van der Waals surface area contributed by atoms with Crippen LogP contribution in [0.2, 0.25) is 0 Å². The molecule has 0 fully saturated rings. The van der Waals surface area contributed by atoms with E-state index in [1.54, 1.807) is 6.42 Å². The topological polar surface area (TPSA) is 17.1 Å². The Morgan fingerprint density at radius 1 is 1.38 bits per heavy atom. The molecule has 0 unspecified atom stereocenters. The number of carbonyl (C=O) groups excluding carboxylic acids is 1. The van der Waals surface area contributed by atoms with Crippen LogP contribution in [-0.2, 0) is 4.79 Å². The van der Waals surface area contributed by atoms with Gasteiger partial charge in [0.2, 0.25) is 0 Å². The number of hydrogen-bond acceptors (Lipinski definition) is 1. The molecule has 0 saturated heterocycles. The number of carbonyl (C=O) groups is 1. The summed E-state index contributed by atoms with van der Waals surface area (Å²) in [5, 5.41) is 0. The molecule has 47 valence electrons. The Morgan fingerprint density at radius 3 is 2.62 bits per heavy atom. The summed E-state index contributed by atoms with van der Waals surface area (Å²) in [5.74, 6) is 0. The van der Waals surface area contributed by atoms with Crippen LogP contribution in [0.25, 0.3) is 0 Å². The highest BCUT2D eigenvalue weighted by atomic mass is 16.1. The standard InChI is InChI=1S/C7H13O/c1-2-3-4-5-6-7-8/h6-7H,2-5H2,1H3. The summed E-state index contributed by atoms with van der Waals surface area (Å²) in [4.78, 5) is 9.71. The molecule has 0 spiro atoms. The van der Waals surface area contributed by atoms with Crippen LogP contribution in [0.3, 0.4) is 0 Å². The van der Waals surface area contributed by atoms with Crippen LogP contribution in [0.5, 0.6) is 0 Å². The van der Waals surface area contributed by atoms with E-state index in [4.69, 9.17) is 0 Å². The molecule has 0 aromatic rings. The van der Waals surface area contributed by atoms with Crippen LogP contribution in [0, 0.1) is 6.42 Å². The lowest BCUT2D eigenvalue weighted by molar-refractivity contribution is -0.105. The summed E-state index contributed by atoms with van der Waals surface area (Å²) < 4.78 is 0. The van der Waals surface area contributed by atoms with Crippen molar-refractivity contribution in [1.82, 2.24) is 0 Å². The maximum atomic E-state index is 9.71. The summed E-state index contributed by atoms with van der Waals surface area (Å²) in [6, 6.07) is 0. The van der Waals surface area contributed by atoms with E-state index in [2.05, 4.69) is 6.92 Å². The Morgan fingerprint density at radius 2 is 2.12 bits per heavy atom. The smallest absolute Gasteiger partial charge is 0.123 e. The van der Waals surface area contributed by atoms with Crippen molar-refractivity contribution >= 4 is 6.29 Å². The molecule has 0 heterocycles. The van der Waals surface area contributed by atoms with Gasteiger partial charge in [0.15, 0.2) is 0 Å². The molecule has 0 aliphatic rings. The van der Waals surface area contributed by atoms with Crippen molar-refractivity contribution in [3.63, 3.8) is 0 Å². The Hall–Kier alpha value is -0.330. The summed E-state index contributed by atoms with van der Waals surface area (Å²) in [5.41, 5.74) is 0. The molecule has 8 heavy (non-hydrogen) atoms. The lowest BCUT2D eigenvalue weighted by Gasteiger charge is -1.89. The minimum absolute atomic E-state index is 0.871. The third-order valence-corrected chi connectivity index (χ3v) is 1.07. The van der Waals surface area contributed by atoms with E-state index in [0.29, 0.717) is 0 Å². The van der Waals surface area contributed by atoms with Gasteiger partial charge in [-0.3, -0.25) is 0 Å². The van der Waals surface area contributed by atoms with Crippen molar-refractivity contribution in [1.29, 1.82) is 0 Å². The largest absolute Gasteiger partial charge is 0.303 e. The summed E-state index contributed by atoms with van der Waals surface area (Å²) in [6.45, 7) is 2.15. The zero-order valence-electron chi connectivity index (χ0n) is 5.39. The first-order chi connectivity index (χ1) is 3.91. The molecule has 0 aliphatic heterocycles. The van der Waals surface area contributed by atoms with E-state index in [0.717, 1.165) is 19.1 Å². The second-order valence-electron chi connectivity index (χ2n) is 1.87. The molecule has 0 bridgehead atoms. The Labute approximate surface area is 51.1 Å². The van der Waals surface area contributed by atoms with Gasteiger partial charge in [-0.1, -0.05) is 26.2 Å². The maximum Gasteiger partial charge on any atom is 0.123 e. The first-order valence-electron chi connectivity index (χ1n) is 3.18. The van der Waals surface area contributed by atoms with Gasteiger partial charge < -0.3 is 4.79 Å². The van der Waals surface area contributed by atoms with Crippen LogP contribution >= 0.6 is 0 Å². The Bertz CT molecular complexity index is 50.3. The first-order valence-corrected chi connectivity index (χ1v) is 3.18. The average Bonchev–Trinajstić information content (AvgIpc) is 1.81. The number of aldehydes is 1. The quantitative estimate of drug-likeness (QED) is 0.393. The van der Waals surface area contributed by atoms with E-state index in [1.165, 1.54) is 12.8 Å². The monoisotopic (exact) mass is 113 g/mol. The zero-order valence-corrected chi connectivity index (χ0v) is 5.39. The van der Waals surface area contributed by atoms with Gasteiger partial charge in [0, 0.05) is 6.42 Å². The molecule has 0 saturated carbocycles. The molecule has 0 rings (SSSR count). The minimum Gasteiger partial charge on any atom is -0.303 e. The first kappa shape index (κ1) is 7.67. The van der Waals surface area contributed by atoms with Crippen molar-refractivity contribution in [2.75, 3.05) is 0 Å². The zero-order chi connectivity index (χ0) is 6.24. The van der Waals surface area contributed by atoms with Gasteiger partial charge in [-0.15, -0.1) is 0 Å². The molecule has 0 aliphatic carbocycles. The molecule has 0 amide bonds. The van der Waals surface area contributed by atoms with Gasteiger partial charge >= 0.3 is 0 Å². The van der Waals surface area contributed by atoms with Gasteiger partial charge in [0.1, 0.15) is 6.29 Å². The van der Waals surface area contributed by atoms with Crippen molar-refractivity contribution in [2.45, 2.75) is 32.6 Å². The van der Waals surface area contributed by atoms with E-state index < -0.39 is 0 Å². The van der Waals surface area contributed by atoms with Gasteiger partial charge in [-0.2, -0.15) is 0 Å². The Balaban J connectivity index is 2.62. The van der Waals surface area contributed by atoms with Crippen LogP contribution in [-0.4, -0.2) is 6.29 Å². The number of rotatable bonds is 5. The van der Waals surface area contributed by atoms with Gasteiger partial charge in [0.25, 0.3) is 0 Å². The van der Waals surface area contributed by atoms with Crippen LogP contribution in [0.15, 0.2) is 0 Å². The third kappa shape index (κ3) is 5.67. The highest BCUT2D eigenvalue weighted by Crippen LogP contribution is 1.98. The van der Waals surface area contributed by atoms with Crippen molar-refractivity contribution in [2.24, 2.45) is 0 Å². The van der Waals surface area contributed by atoms with Gasteiger partial charge in [0.05, 0.1) is 0 Å². The third-order valence-electron chi connectivity index (χ3n) is 1.07. The second kappa shape index (κ2) is 6.67. The summed E-state index contributed by atoms with van der Waals surface area (Å²) in [6.07, 6.45) is 7.13. The highest BCUT2D eigenvalue weighted by molar-refractivity contribution is 5.60. The Kier molecular flexibility index (Phi) is 6.39. The van der Waals surface area contributed by atoms with E-state index in [1.807, 2.05) is 0 Å². The molecular formula is C7H13O. The normalized spacial score (nSPS) is 9.12. The molecule has 0 N–H and O–H groups in total. The predicted octanol–water partition coefficient (Wildman–Crippen LogP) is 1.97. The van der Waals surface area contributed by atoms with Gasteiger partial charge in [-0.05, 0) is 6.42 Å². The minimum atomic E-state index is 0.871. The summed E-state index contributed by atoms with van der Waals surface area (Å²) in [7, 11) is 0. The summed E-state index contributed by atoms with van der Waals surface area (Å²) >= 11 is 0. The second-order valence-corrected chi connectivity index (χ2v) is 1.87. The molecule has 1 heteroatoms. The molecule has 1 nitrogen and oxygen atoms in total. The fraction of sp³-hybridized carbons (Fsp3) is 0.714.